The predicted octanol–water partition coefficient (Wildman–Crippen LogP) is 1.76. The van der Waals surface area contributed by atoms with Gasteiger partial charge >= 0.3 is 0 Å². The van der Waals surface area contributed by atoms with Gasteiger partial charge in [0, 0.05) is 6.54 Å². The zero-order valence-electron chi connectivity index (χ0n) is 11.5. The molecule has 0 N–H and O–H groups in total. The van der Waals surface area contributed by atoms with Crippen molar-refractivity contribution < 1.29 is 13.2 Å². The molecular formula is C15H17NO3S. The van der Waals surface area contributed by atoms with Crippen LogP contribution in [0.1, 0.15) is 12.5 Å². The minimum absolute atomic E-state index is 0.0432. The Kier molecular flexibility index (Phi) is 5.68. The Morgan fingerprint density at radius 2 is 1.95 bits per heavy atom. The fourth-order valence-corrected chi connectivity index (χ4v) is 2.85. The molecule has 1 aromatic rings. The van der Waals surface area contributed by atoms with Gasteiger partial charge in [-0.15, -0.1) is 6.42 Å². The summed E-state index contributed by atoms with van der Waals surface area (Å²) in [5.41, 5.74) is 0.976. The molecule has 4 nitrogen and oxygen atoms in total. The third kappa shape index (κ3) is 4.34. The second-order valence-electron chi connectivity index (χ2n) is 4.33. The van der Waals surface area contributed by atoms with E-state index in [0.717, 1.165) is 9.87 Å². The van der Waals surface area contributed by atoms with Gasteiger partial charge in [-0.25, -0.2) is 8.42 Å². The number of aryl methyl sites for hydroxylation is 1. The highest BCUT2D eigenvalue weighted by atomic mass is 32.2. The number of ketones is 1. The highest BCUT2D eigenvalue weighted by Gasteiger charge is 2.22. The van der Waals surface area contributed by atoms with Gasteiger partial charge in [0.1, 0.15) is 0 Å². The lowest BCUT2D eigenvalue weighted by Gasteiger charge is -2.18. The maximum Gasteiger partial charge on any atom is 0.244 e. The first-order chi connectivity index (χ1) is 9.37. The number of allylic oxidation sites excluding steroid dienone is 1. The van der Waals surface area contributed by atoms with Gasteiger partial charge in [-0.05, 0) is 32.1 Å². The van der Waals surface area contributed by atoms with Crippen molar-refractivity contribution in [1.29, 1.82) is 0 Å². The first-order valence-corrected chi connectivity index (χ1v) is 7.49. The third-order valence-corrected chi connectivity index (χ3v) is 4.41. The number of rotatable bonds is 6. The van der Waals surface area contributed by atoms with Crippen LogP contribution >= 0.6 is 0 Å². The largest absolute Gasteiger partial charge is 0.295 e. The summed E-state index contributed by atoms with van der Waals surface area (Å²) in [6.45, 7) is 3.31. The smallest absolute Gasteiger partial charge is 0.244 e. The SMILES string of the molecule is C#CCN(CC=CC(C)=O)S(=O)(=O)c1ccc(C)cc1. The summed E-state index contributed by atoms with van der Waals surface area (Å²) in [7, 11) is -3.65. The van der Waals surface area contributed by atoms with Gasteiger partial charge in [-0.3, -0.25) is 4.79 Å². The molecule has 20 heavy (non-hydrogen) atoms. The van der Waals surface area contributed by atoms with E-state index in [1.807, 2.05) is 6.92 Å². The summed E-state index contributed by atoms with van der Waals surface area (Å²) in [5, 5.41) is 0. The normalized spacial score (nSPS) is 11.7. The average molecular weight is 291 g/mol. The van der Waals surface area contributed by atoms with Crippen molar-refractivity contribution in [1.82, 2.24) is 4.31 Å². The molecule has 0 amide bonds. The molecule has 1 rings (SSSR count). The minimum atomic E-state index is -3.65. The second-order valence-corrected chi connectivity index (χ2v) is 6.27. The number of hydrogen-bond acceptors (Lipinski definition) is 3. The van der Waals surface area contributed by atoms with Crippen LogP contribution in [0.2, 0.25) is 0 Å². The van der Waals surface area contributed by atoms with Crippen molar-refractivity contribution in [2.24, 2.45) is 0 Å². The molecule has 1 aromatic carbocycles. The van der Waals surface area contributed by atoms with Crippen molar-refractivity contribution in [3.05, 3.63) is 42.0 Å². The molecule has 0 unspecified atom stereocenters. The van der Waals surface area contributed by atoms with Gasteiger partial charge in [-0.1, -0.05) is 29.7 Å². The van der Waals surface area contributed by atoms with E-state index in [2.05, 4.69) is 5.92 Å². The Morgan fingerprint density at radius 1 is 1.35 bits per heavy atom. The molecule has 0 spiro atoms. The Hall–Kier alpha value is -1.90. The van der Waals surface area contributed by atoms with E-state index in [9.17, 15) is 13.2 Å². The van der Waals surface area contributed by atoms with Crippen molar-refractivity contribution in [2.45, 2.75) is 18.7 Å². The van der Waals surface area contributed by atoms with E-state index in [0.29, 0.717) is 0 Å². The van der Waals surface area contributed by atoms with E-state index < -0.39 is 10.0 Å². The lowest BCUT2D eigenvalue weighted by Crippen LogP contribution is -2.31. The molecule has 5 heteroatoms. The molecule has 0 aliphatic carbocycles. The van der Waals surface area contributed by atoms with E-state index in [4.69, 9.17) is 6.42 Å². The van der Waals surface area contributed by atoms with Crippen LogP contribution in [0, 0.1) is 19.3 Å². The molecule has 0 atom stereocenters. The summed E-state index contributed by atoms with van der Waals surface area (Å²) >= 11 is 0. The van der Waals surface area contributed by atoms with Gasteiger partial charge in [0.2, 0.25) is 10.0 Å². The van der Waals surface area contributed by atoms with Crippen LogP contribution in [0.3, 0.4) is 0 Å². The number of terminal acetylenes is 1. The van der Waals surface area contributed by atoms with Crippen LogP contribution in [0.5, 0.6) is 0 Å². The van der Waals surface area contributed by atoms with E-state index in [-0.39, 0.29) is 23.8 Å². The van der Waals surface area contributed by atoms with E-state index in [1.54, 1.807) is 24.3 Å². The summed E-state index contributed by atoms with van der Waals surface area (Å²) in [6, 6.07) is 6.55. The Labute approximate surface area is 120 Å². The zero-order chi connectivity index (χ0) is 15.2. The molecule has 0 saturated heterocycles. The topological polar surface area (TPSA) is 54.5 Å². The maximum absolute atomic E-state index is 12.4. The molecule has 0 fully saturated rings. The molecule has 0 aliphatic rings. The lowest BCUT2D eigenvalue weighted by molar-refractivity contribution is -0.112. The number of hydrogen-bond donors (Lipinski definition) is 0. The molecule has 0 aliphatic heterocycles. The first kappa shape index (κ1) is 16.2. The molecule has 0 heterocycles. The standard InChI is InChI=1S/C15H17NO3S/c1-4-11-16(12-5-6-14(3)17)20(18,19)15-9-7-13(2)8-10-15/h1,5-10H,11-12H2,2-3H3. The summed E-state index contributed by atoms with van der Waals surface area (Å²) in [6.07, 6.45) is 8.03. The summed E-state index contributed by atoms with van der Waals surface area (Å²) < 4.78 is 26.0. The van der Waals surface area contributed by atoms with Crippen molar-refractivity contribution >= 4 is 15.8 Å². The van der Waals surface area contributed by atoms with Crippen molar-refractivity contribution in [3.8, 4) is 12.3 Å². The first-order valence-electron chi connectivity index (χ1n) is 6.05. The molecular weight excluding hydrogens is 274 g/mol. The van der Waals surface area contributed by atoms with E-state index >= 15 is 0 Å². The Balaban J connectivity index is 3.03. The van der Waals surface area contributed by atoms with Crippen LogP contribution in [0.4, 0.5) is 0 Å². The minimum Gasteiger partial charge on any atom is -0.295 e. The van der Waals surface area contributed by atoms with Crippen LogP contribution in [-0.4, -0.2) is 31.6 Å². The molecule has 0 aromatic heterocycles. The number of carbonyl (C=O) groups is 1. The molecule has 0 radical (unpaired) electrons. The molecule has 106 valence electrons. The van der Waals surface area contributed by atoms with E-state index in [1.165, 1.54) is 19.1 Å². The predicted molar refractivity (Wildman–Crippen MR) is 78.6 cm³/mol. The summed E-state index contributed by atoms with van der Waals surface area (Å²) in [5.74, 6) is 2.18. The fraction of sp³-hybridized carbons (Fsp3) is 0.267. The van der Waals surface area contributed by atoms with Crippen LogP contribution in [0.25, 0.3) is 0 Å². The van der Waals surface area contributed by atoms with Crippen molar-refractivity contribution in [2.75, 3.05) is 13.1 Å². The van der Waals surface area contributed by atoms with Crippen LogP contribution < -0.4 is 0 Å². The van der Waals surface area contributed by atoms with Gasteiger partial charge < -0.3 is 0 Å². The Bertz CT molecular complexity index is 637. The highest BCUT2D eigenvalue weighted by molar-refractivity contribution is 7.89. The van der Waals surface area contributed by atoms with Crippen LogP contribution in [0.15, 0.2) is 41.3 Å². The number of benzene rings is 1. The summed E-state index contributed by atoms with van der Waals surface area (Å²) in [4.78, 5) is 11.0. The fourth-order valence-electron chi connectivity index (χ4n) is 1.55. The average Bonchev–Trinajstić information content (AvgIpc) is 2.38. The number of sulfonamides is 1. The third-order valence-electron chi connectivity index (χ3n) is 2.59. The molecule has 0 bridgehead atoms. The monoisotopic (exact) mass is 291 g/mol. The van der Waals surface area contributed by atoms with Crippen molar-refractivity contribution in [3.63, 3.8) is 0 Å². The van der Waals surface area contributed by atoms with Gasteiger partial charge in [0.05, 0.1) is 11.4 Å². The second kappa shape index (κ2) is 7.04. The Morgan fingerprint density at radius 3 is 2.45 bits per heavy atom. The van der Waals surface area contributed by atoms with Crippen LogP contribution in [-0.2, 0) is 14.8 Å². The highest BCUT2D eigenvalue weighted by Crippen LogP contribution is 2.16. The number of nitrogens with zero attached hydrogens (tertiary/aromatic N) is 1. The lowest BCUT2D eigenvalue weighted by atomic mass is 10.2. The van der Waals surface area contributed by atoms with Gasteiger partial charge in [-0.2, -0.15) is 4.31 Å². The number of carbonyl (C=O) groups excluding carboxylic acids is 1. The van der Waals surface area contributed by atoms with Gasteiger partial charge in [0.25, 0.3) is 0 Å². The quantitative estimate of drug-likeness (QED) is 0.593. The zero-order valence-corrected chi connectivity index (χ0v) is 12.4. The maximum atomic E-state index is 12.4. The van der Waals surface area contributed by atoms with Gasteiger partial charge in [0.15, 0.2) is 5.78 Å². The molecule has 0 saturated carbocycles.